The Morgan fingerprint density at radius 2 is 0.351 bits per heavy atom. The Kier molecular flexibility index (Phi) is 43.9. The second-order valence-electron chi connectivity index (χ2n) is 37.4. The van der Waals surface area contributed by atoms with Gasteiger partial charge in [0.05, 0.1) is 79.3 Å². The normalized spacial score (nSPS) is 49.3. The fourth-order valence-electron chi connectivity index (χ4n) is 19.3. The van der Waals surface area contributed by atoms with Gasteiger partial charge < -0.3 is 304 Å². The van der Waals surface area contributed by atoms with Crippen LogP contribution in [0.3, 0.4) is 0 Å². The first kappa shape index (κ1) is 122. The molecule has 12 rings (SSSR count). The fraction of sp³-hybridized carbons (Fsp3) is 0.939. The summed E-state index contributed by atoms with van der Waals surface area (Å²) in [5, 5.41) is 381. The molecular formula is C82H137N5O61. The van der Waals surface area contributed by atoms with Crippen molar-refractivity contribution in [1.82, 2.24) is 26.6 Å². The van der Waals surface area contributed by atoms with Crippen molar-refractivity contribution in [2.45, 2.75) is 403 Å². The van der Waals surface area contributed by atoms with Gasteiger partial charge in [0.25, 0.3) is 0 Å². The Morgan fingerprint density at radius 1 is 0.176 bits per heavy atom. The Hall–Kier alpha value is -4.89. The lowest BCUT2D eigenvalue weighted by atomic mass is 9.93. The van der Waals surface area contributed by atoms with E-state index < -0.39 is 477 Å². The lowest BCUT2D eigenvalue weighted by molar-refractivity contribution is -0.391. The van der Waals surface area contributed by atoms with Crippen LogP contribution in [-0.2, 0) is 133 Å². The van der Waals surface area contributed by atoms with E-state index in [0.29, 0.717) is 0 Å². The van der Waals surface area contributed by atoms with Crippen LogP contribution in [0.1, 0.15) is 34.6 Å². The molecule has 12 aliphatic rings. The van der Waals surface area contributed by atoms with Crippen LogP contribution in [0.4, 0.5) is 0 Å². The zero-order valence-electron chi connectivity index (χ0n) is 79.3. The highest BCUT2D eigenvalue weighted by atomic mass is 16.8. The van der Waals surface area contributed by atoms with Crippen LogP contribution < -0.4 is 26.6 Å². The van der Waals surface area contributed by atoms with E-state index in [2.05, 4.69) is 26.6 Å². The number of hydrogen-bond acceptors (Lipinski definition) is 61. The topological polar surface area (TPSA) is 1030 Å². The highest BCUT2D eigenvalue weighted by Gasteiger charge is 2.64. The first-order valence-electron chi connectivity index (χ1n) is 47.2. The number of amides is 5. The lowest BCUT2D eigenvalue weighted by Crippen LogP contribution is -2.71. The van der Waals surface area contributed by atoms with Crippen molar-refractivity contribution in [2.75, 3.05) is 79.3 Å². The van der Waals surface area contributed by atoms with Crippen molar-refractivity contribution in [1.29, 1.82) is 0 Å². The summed E-state index contributed by atoms with van der Waals surface area (Å²) < 4.78 is 136. The predicted octanol–water partition coefficient (Wildman–Crippen LogP) is -26.4. The van der Waals surface area contributed by atoms with Crippen molar-refractivity contribution in [3.05, 3.63) is 0 Å². The summed E-state index contributed by atoms with van der Waals surface area (Å²) in [5.41, 5.74) is 0. The molecular weight excluding hydrogens is 2030 g/mol. The van der Waals surface area contributed by atoms with Gasteiger partial charge in [-0.2, -0.15) is 0 Å². The molecule has 12 saturated heterocycles. The van der Waals surface area contributed by atoms with Gasteiger partial charge in [-0.05, 0) is 0 Å². The van der Waals surface area contributed by atoms with Crippen molar-refractivity contribution >= 4 is 29.5 Å². The van der Waals surface area contributed by atoms with Gasteiger partial charge in [-0.15, -0.1) is 0 Å². The largest absolute Gasteiger partial charge is 0.394 e. The molecule has 66 nitrogen and oxygen atoms in total. The number of ether oxygens (including phenoxy) is 23. The van der Waals surface area contributed by atoms with Gasteiger partial charge in [0.15, 0.2) is 75.5 Å². The van der Waals surface area contributed by atoms with E-state index in [1.165, 1.54) is 0 Å². The molecule has 0 bridgehead atoms. The number of carbonyl (C=O) groups is 5. The van der Waals surface area contributed by atoms with E-state index in [1.807, 2.05) is 0 Å². The number of aliphatic hydroxyl groups excluding tert-OH is 33. The molecule has 0 saturated carbocycles. The molecule has 148 heavy (non-hydrogen) atoms. The van der Waals surface area contributed by atoms with E-state index >= 15 is 0 Å². The molecule has 0 spiro atoms. The van der Waals surface area contributed by atoms with Gasteiger partial charge in [-0.25, -0.2) is 0 Å². The molecule has 12 heterocycles. The summed E-state index contributed by atoms with van der Waals surface area (Å²) in [6.45, 7) is -9.01. The van der Waals surface area contributed by atoms with Crippen molar-refractivity contribution in [3.8, 4) is 0 Å². The average Bonchev–Trinajstić information content (AvgIpc) is 0.771. The quantitative estimate of drug-likeness (QED) is 0.0272. The molecule has 856 valence electrons. The van der Waals surface area contributed by atoms with Gasteiger partial charge >= 0.3 is 0 Å². The average molecular weight is 2170 g/mol. The molecule has 38 N–H and O–H groups in total. The van der Waals surface area contributed by atoms with Crippen molar-refractivity contribution in [3.63, 3.8) is 0 Å². The monoisotopic (exact) mass is 2170 g/mol. The van der Waals surface area contributed by atoms with Crippen LogP contribution >= 0.6 is 0 Å². The van der Waals surface area contributed by atoms with Gasteiger partial charge in [0, 0.05) is 34.6 Å². The molecule has 5 amide bonds. The summed E-state index contributed by atoms with van der Waals surface area (Å²) in [6, 6.07) is -9.95. The molecule has 60 atom stereocenters. The fourth-order valence-corrected chi connectivity index (χ4v) is 19.3. The van der Waals surface area contributed by atoms with Gasteiger partial charge in [0.1, 0.15) is 293 Å². The molecule has 0 aromatic rings. The number of rotatable bonds is 39. The zero-order chi connectivity index (χ0) is 109. The molecule has 12 fully saturated rings. The maximum Gasteiger partial charge on any atom is 0.217 e. The highest BCUT2D eigenvalue weighted by Crippen LogP contribution is 2.43. The molecule has 0 aromatic heterocycles. The van der Waals surface area contributed by atoms with Gasteiger partial charge in [0.2, 0.25) is 29.5 Å². The Bertz CT molecular complexity index is 4130. The third kappa shape index (κ3) is 26.9. The van der Waals surface area contributed by atoms with Crippen LogP contribution in [0.25, 0.3) is 0 Å². The van der Waals surface area contributed by atoms with E-state index in [-0.39, 0.29) is 0 Å². The Balaban J connectivity index is 0.811. The minimum atomic E-state index is -2.60. The highest BCUT2D eigenvalue weighted by molar-refractivity contribution is 5.75. The molecule has 0 radical (unpaired) electrons. The third-order valence-corrected chi connectivity index (χ3v) is 27.1. The molecule has 66 heteroatoms. The van der Waals surface area contributed by atoms with Crippen molar-refractivity contribution < 1.29 is 301 Å². The first-order valence-corrected chi connectivity index (χ1v) is 47.2. The number of nitrogens with one attached hydrogen (secondary N) is 5. The van der Waals surface area contributed by atoms with Gasteiger partial charge in [-0.1, -0.05) is 0 Å². The Morgan fingerprint density at radius 3 is 0.581 bits per heavy atom. The van der Waals surface area contributed by atoms with Crippen LogP contribution in [0.2, 0.25) is 0 Å². The second kappa shape index (κ2) is 53.4. The summed E-state index contributed by atoms with van der Waals surface area (Å²) in [7, 11) is 0. The standard InChI is InChI=1S/C82H137N5O61/c1-18(98)83-35-46(109)62(140-77-56(119)51(114)40(103)23(6-88)129-77)28(11-93)133-72(35)126-16-33-44(107)69(147-75-38(86-21(4)101)49(112)65(31(14-96)136-75)142-79-58(121)53(116)42(105)25(8-90)131-79)60(123)81(138-33)144-66-32(15-97)137-76(39(50(66)113)87-22(5)102)148-70-45(108)34(139-82(61(70)124)145-67-27(10-92)128-71(125)55(118)54(67)117)17-127-73-36(84-19(2)99)47(110)63(29(12-94)134-73)143-80-59(122)68(43(106)26(9-91)132-80)146-74-37(85-20(3)100)48(111)64(30(13-95)135-74)141-78-57(120)52(115)41(104)24(7-89)130-78/h23-82,88-97,103-125H,6-17H2,1-5H3,(H,83,98)(H,84,99)(H,85,100)(H,86,101)(H,87,102)/t23-,24-,25-,26-,27-,28-,29-,30-,31-,32-,33-,34-,35-,36-,37-,38-,39-,40+,41+,42+,43+,44+,45+,46-,47-,48-,49-,50-,51+,52+,53+,54-,55-,56-,57-,58-,59-,60-,61-,62-,63-,64-,65-,66-,67-,68+,69+,70+,71?,72-,73-,74+,75+,76+,77+,78+,79+,80+,81+,82+/m1/s1. The molecule has 0 aliphatic carbocycles. The minimum absolute atomic E-state index is 0.850. The second-order valence-corrected chi connectivity index (χ2v) is 37.4. The van der Waals surface area contributed by atoms with Gasteiger partial charge in [-0.3, -0.25) is 24.0 Å². The van der Waals surface area contributed by atoms with Crippen LogP contribution in [0.5, 0.6) is 0 Å². The summed E-state index contributed by atoms with van der Waals surface area (Å²) in [6.07, 6.45) is -117. The predicted molar refractivity (Wildman–Crippen MR) is 453 cm³/mol. The number of carbonyl (C=O) groups excluding carboxylic acids is 5. The number of hydrogen-bond donors (Lipinski definition) is 38. The SMILES string of the molecule is CC(=O)N[C@H]1[C@H](OC[C@H]2O[C@@H](O[C@H]3[C@H](O)[C@@H](NC(C)=O)[C@H](O[C@H]4[C@@H](O)[C@@H](CO[C@@H]5O[C@H](CO)[C@@H](O[C@@H]6O[C@H](CO)[C@H](O)[C@H](O[C@@H]7O[C@H](CO)[C@@H](O[C@@H]8O[C@H](CO)[C@H](O)[C@H](O)[C@H]8O)[C@H](O)[C@H]7NC(C)=O)[C@H]6O)[C@H](O)[C@H]5NC(C)=O)O[C@@H](O[C@H]5[C@H](O)[C@@H](O)C(O)O[C@@H]5CO)[C@@H]4O)O[C@@H]3CO)[C@H](O)[C@@H](O[C@@H]3O[C@H](CO)[C@@H](O[C@@H]4O[C@H](CO)[C@H](O)[C@H](O)[C@H]4O)[C@H](O)[C@H]3NC(C)=O)[C@H]2O)O[C@H](CO)[C@@H](O[C@@H]2O[C@H](CO)[C@H](O)[C@H](O)[C@H]2O)[C@@H]1O. The van der Waals surface area contributed by atoms with E-state index in [0.717, 1.165) is 34.6 Å². The van der Waals surface area contributed by atoms with E-state index in [9.17, 15) is 192 Å². The lowest BCUT2D eigenvalue weighted by Gasteiger charge is -2.51. The van der Waals surface area contributed by atoms with Crippen molar-refractivity contribution in [2.24, 2.45) is 0 Å². The van der Waals surface area contributed by atoms with E-state index in [1.54, 1.807) is 0 Å². The minimum Gasteiger partial charge on any atom is -0.394 e. The smallest absolute Gasteiger partial charge is 0.217 e. The Labute approximate surface area is 837 Å². The maximum atomic E-state index is 13.5. The zero-order valence-corrected chi connectivity index (χ0v) is 79.3. The summed E-state index contributed by atoms with van der Waals surface area (Å²) in [5.74, 6) is -4.96. The summed E-state index contributed by atoms with van der Waals surface area (Å²) >= 11 is 0. The van der Waals surface area contributed by atoms with E-state index in [4.69, 9.17) is 109 Å². The number of aliphatic hydroxyl groups is 33. The van der Waals surface area contributed by atoms with Crippen LogP contribution in [-0.4, -0.2) is 645 Å². The molecule has 1 unspecified atom stereocenters. The van der Waals surface area contributed by atoms with Crippen LogP contribution in [0.15, 0.2) is 0 Å². The van der Waals surface area contributed by atoms with Crippen LogP contribution in [0, 0.1) is 0 Å². The summed E-state index contributed by atoms with van der Waals surface area (Å²) in [4.78, 5) is 65.7. The molecule has 0 aromatic carbocycles. The molecule has 12 aliphatic heterocycles. The third-order valence-electron chi connectivity index (χ3n) is 27.1. The maximum absolute atomic E-state index is 13.5. The first-order chi connectivity index (χ1) is 70.1.